The molecule has 0 unspecified atom stereocenters. The van der Waals surface area contributed by atoms with E-state index in [2.05, 4.69) is 16.0 Å². The second-order valence-electron chi connectivity index (χ2n) is 2.97. The lowest BCUT2D eigenvalue weighted by Gasteiger charge is -2.34. The standard InChI is InChI=1S/C7H12N4O/c1-11-3-2-8-6-7(11)10-5(12)4-9-6/h8-9H,2-4H2,1H3,(H,10,12). The summed E-state index contributed by atoms with van der Waals surface area (Å²) in [6.45, 7) is 2.19. The van der Waals surface area contributed by atoms with Crippen molar-refractivity contribution in [1.29, 1.82) is 0 Å². The zero-order valence-corrected chi connectivity index (χ0v) is 6.98. The van der Waals surface area contributed by atoms with Crippen LogP contribution in [0.4, 0.5) is 0 Å². The monoisotopic (exact) mass is 168 g/mol. The lowest BCUT2D eigenvalue weighted by atomic mass is 10.3. The van der Waals surface area contributed by atoms with Gasteiger partial charge in [0, 0.05) is 20.1 Å². The van der Waals surface area contributed by atoms with Crippen molar-refractivity contribution < 1.29 is 4.79 Å². The van der Waals surface area contributed by atoms with Crippen LogP contribution in [0.3, 0.4) is 0 Å². The molecule has 3 N–H and O–H groups in total. The third kappa shape index (κ3) is 1.07. The first-order valence-corrected chi connectivity index (χ1v) is 4.00. The number of hydrogen-bond donors (Lipinski definition) is 3. The van der Waals surface area contributed by atoms with Gasteiger partial charge >= 0.3 is 0 Å². The Balaban J connectivity index is 2.24. The van der Waals surface area contributed by atoms with Crippen molar-refractivity contribution in [2.75, 3.05) is 26.7 Å². The van der Waals surface area contributed by atoms with Gasteiger partial charge in [-0.15, -0.1) is 0 Å². The van der Waals surface area contributed by atoms with E-state index in [4.69, 9.17) is 0 Å². The van der Waals surface area contributed by atoms with Crippen LogP contribution in [0.2, 0.25) is 0 Å². The van der Waals surface area contributed by atoms with Crippen LogP contribution < -0.4 is 16.0 Å². The van der Waals surface area contributed by atoms with Gasteiger partial charge in [-0.05, 0) is 0 Å². The summed E-state index contributed by atoms with van der Waals surface area (Å²) in [5, 5.41) is 9.01. The highest BCUT2D eigenvalue weighted by Gasteiger charge is 2.22. The SMILES string of the molecule is CN1CCNC2=C1NC(=O)CN2. The van der Waals surface area contributed by atoms with E-state index in [0.717, 1.165) is 24.7 Å². The van der Waals surface area contributed by atoms with Crippen molar-refractivity contribution in [3.63, 3.8) is 0 Å². The number of likely N-dealkylation sites (N-methyl/N-ethyl adjacent to an activating group) is 1. The number of carbonyl (C=O) groups excluding carboxylic acids is 1. The maximum Gasteiger partial charge on any atom is 0.244 e. The van der Waals surface area contributed by atoms with E-state index in [1.165, 1.54) is 0 Å². The molecule has 0 aromatic rings. The van der Waals surface area contributed by atoms with Crippen LogP contribution in [0.5, 0.6) is 0 Å². The molecule has 0 spiro atoms. The maximum atomic E-state index is 11.0. The summed E-state index contributed by atoms with van der Waals surface area (Å²) in [6.07, 6.45) is 0. The molecule has 0 fully saturated rings. The number of amides is 1. The molecule has 5 nitrogen and oxygen atoms in total. The Morgan fingerprint density at radius 2 is 2.25 bits per heavy atom. The topological polar surface area (TPSA) is 56.4 Å². The van der Waals surface area contributed by atoms with Crippen molar-refractivity contribution in [2.24, 2.45) is 0 Å². The molecule has 2 aliphatic heterocycles. The molecular formula is C7H12N4O. The Morgan fingerprint density at radius 3 is 3.08 bits per heavy atom. The van der Waals surface area contributed by atoms with Crippen LogP contribution in [0, 0.1) is 0 Å². The zero-order chi connectivity index (χ0) is 8.55. The Morgan fingerprint density at radius 1 is 1.42 bits per heavy atom. The van der Waals surface area contributed by atoms with E-state index in [-0.39, 0.29) is 5.91 Å². The predicted octanol–water partition coefficient (Wildman–Crippen LogP) is -1.63. The van der Waals surface area contributed by atoms with Gasteiger partial charge < -0.3 is 20.9 Å². The van der Waals surface area contributed by atoms with Crippen molar-refractivity contribution in [1.82, 2.24) is 20.9 Å². The summed E-state index contributed by atoms with van der Waals surface area (Å²) in [5.41, 5.74) is 0. The average Bonchev–Trinajstić information content (AvgIpc) is 2.07. The fraction of sp³-hybridized carbons (Fsp3) is 0.571. The summed E-state index contributed by atoms with van der Waals surface area (Å²) in [4.78, 5) is 13.0. The maximum absolute atomic E-state index is 11.0. The molecule has 0 aromatic carbocycles. The Labute approximate surface area is 70.8 Å². The van der Waals surface area contributed by atoms with Crippen molar-refractivity contribution in [3.05, 3.63) is 11.6 Å². The highest BCUT2D eigenvalue weighted by molar-refractivity contribution is 5.81. The molecule has 2 heterocycles. The van der Waals surface area contributed by atoms with Crippen LogP contribution in [-0.2, 0) is 4.79 Å². The van der Waals surface area contributed by atoms with E-state index >= 15 is 0 Å². The molecule has 2 aliphatic rings. The van der Waals surface area contributed by atoms with Crippen molar-refractivity contribution in [3.8, 4) is 0 Å². The van der Waals surface area contributed by atoms with Gasteiger partial charge in [0.05, 0.1) is 6.54 Å². The first kappa shape index (κ1) is 7.27. The largest absolute Gasteiger partial charge is 0.367 e. The summed E-state index contributed by atoms with van der Waals surface area (Å²) in [5.74, 6) is 1.81. The van der Waals surface area contributed by atoms with Gasteiger partial charge in [-0.1, -0.05) is 0 Å². The Hall–Kier alpha value is -1.39. The van der Waals surface area contributed by atoms with E-state index in [1.54, 1.807) is 0 Å². The molecule has 0 saturated heterocycles. The van der Waals surface area contributed by atoms with Gasteiger partial charge in [-0.3, -0.25) is 4.79 Å². The van der Waals surface area contributed by atoms with Gasteiger partial charge in [-0.2, -0.15) is 0 Å². The summed E-state index contributed by atoms with van der Waals surface area (Å²) < 4.78 is 0. The van der Waals surface area contributed by atoms with Gasteiger partial charge in [0.15, 0.2) is 0 Å². The van der Waals surface area contributed by atoms with E-state index in [9.17, 15) is 4.79 Å². The van der Waals surface area contributed by atoms with Gasteiger partial charge in [0.1, 0.15) is 11.6 Å². The molecule has 1 amide bonds. The fourth-order valence-corrected chi connectivity index (χ4v) is 1.38. The van der Waals surface area contributed by atoms with E-state index < -0.39 is 0 Å². The summed E-state index contributed by atoms with van der Waals surface area (Å²) >= 11 is 0. The normalized spacial score (nSPS) is 22.4. The van der Waals surface area contributed by atoms with Crippen LogP contribution >= 0.6 is 0 Å². The third-order valence-corrected chi connectivity index (χ3v) is 2.05. The number of nitrogens with one attached hydrogen (secondary N) is 3. The first-order valence-electron chi connectivity index (χ1n) is 4.00. The number of rotatable bonds is 0. The smallest absolute Gasteiger partial charge is 0.244 e. The molecule has 2 rings (SSSR count). The number of hydrogen-bond acceptors (Lipinski definition) is 4. The van der Waals surface area contributed by atoms with Crippen LogP contribution in [0.1, 0.15) is 0 Å². The molecule has 0 aromatic heterocycles. The Bertz CT molecular complexity index is 248. The second-order valence-corrected chi connectivity index (χ2v) is 2.97. The molecule has 0 aliphatic carbocycles. The molecule has 12 heavy (non-hydrogen) atoms. The average molecular weight is 168 g/mol. The van der Waals surface area contributed by atoms with Gasteiger partial charge in [0.2, 0.25) is 5.91 Å². The predicted molar refractivity (Wildman–Crippen MR) is 43.8 cm³/mol. The quantitative estimate of drug-likeness (QED) is 0.406. The molecule has 5 heteroatoms. The molecule has 66 valence electrons. The second kappa shape index (κ2) is 2.58. The molecule has 0 saturated carbocycles. The van der Waals surface area contributed by atoms with Crippen molar-refractivity contribution >= 4 is 5.91 Å². The van der Waals surface area contributed by atoms with E-state index in [0.29, 0.717) is 6.54 Å². The molecular weight excluding hydrogens is 156 g/mol. The van der Waals surface area contributed by atoms with Crippen LogP contribution in [0.15, 0.2) is 11.6 Å². The van der Waals surface area contributed by atoms with Gasteiger partial charge in [-0.25, -0.2) is 0 Å². The van der Waals surface area contributed by atoms with E-state index in [1.807, 2.05) is 11.9 Å². The molecule has 0 radical (unpaired) electrons. The Kier molecular flexibility index (Phi) is 1.56. The number of carbonyl (C=O) groups is 1. The summed E-state index contributed by atoms with van der Waals surface area (Å²) in [7, 11) is 1.96. The molecule has 0 atom stereocenters. The number of nitrogens with zero attached hydrogens (tertiary/aromatic N) is 1. The van der Waals surface area contributed by atoms with Gasteiger partial charge in [0.25, 0.3) is 0 Å². The highest BCUT2D eigenvalue weighted by Crippen LogP contribution is 2.07. The minimum Gasteiger partial charge on any atom is -0.367 e. The minimum atomic E-state index is 0.0179. The lowest BCUT2D eigenvalue weighted by Crippen LogP contribution is -2.53. The molecule has 0 bridgehead atoms. The third-order valence-electron chi connectivity index (χ3n) is 2.05. The first-order chi connectivity index (χ1) is 5.77. The van der Waals surface area contributed by atoms with Crippen molar-refractivity contribution in [2.45, 2.75) is 0 Å². The summed E-state index contributed by atoms with van der Waals surface area (Å²) in [6, 6.07) is 0. The lowest BCUT2D eigenvalue weighted by molar-refractivity contribution is -0.120. The van der Waals surface area contributed by atoms with Crippen LogP contribution in [0.25, 0.3) is 0 Å². The minimum absolute atomic E-state index is 0.0179. The fourth-order valence-electron chi connectivity index (χ4n) is 1.38. The highest BCUT2D eigenvalue weighted by atomic mass is 16.2. The zero-order valence-electron chi connectivity index (χ0n) is 6.98. The van der Waals surface area contributed by atoms with Crippen LogP contribution in [-0.4, -0.2) is 37.5 Å².